The number of hydrogen-bond acceptors (Lipinski definition) is 3. The van der Waals surface area contributed by atoms with Crippen LogP contribution in [0.15, 0.2) is 5.38 Å². The Morgan fingerprint density at radius 3 is 2.92 bits per heavy atom. The summed E-state index contributed by atoms with van der Waals surface area (Å²) >= 11 is 1.79. The van der Waals surface area contributed by atoms with Crippen molar-refractivity contribution in [3.05, 3.63) is 16.1 Å². The third-order valence-electron chi connectivity index (χ3n) is 2.02. The summed E-state index contributed by atoms with van der Waals surface area (Å²) < 4.78 is 0. The molecular weight excluding hydrogens is 168 g/mol. The largest absolute Gasteiger partial charge is 0.303 e. The van der Waals surface area contributed by atoms with Gasteiger partial charge in [-0.2, -0.15) is 0 Å². The van der Waals surface area contributed by atoms with Gasteiger partial charge in [-0.05, 0) is 26.9 Å². The molecule has 0 aromatic carbocycles. The zero-order valence-corrected chi connectivity index (χ0v) is 8.40. The van der Waals surface area contributed by atoms with E-state index in [1.54, 1.807) is 11.3 Å². The fourth-order valence-electron chi connectivity index (χ4n) is 1.23. The molecule has 0 bridgehead atoms. The average molecular weight is 182 g/mol. The lowest BCUT2D eigenvalue weighted by molar-refractivity contribution is 0.401. The van der Waals surface area contributed by atoms with Gasteiger partial charge in [0.2, 0.25) is 0 Å². The van der Waals surface area contributed by atoms with Gasteiger partial charge in [-0.25, -0.2) is 4.98 Å². The first-order chi connectivity index (χ1) is 5.75. The van der Waals surface area contributed by atoms with Crippen molar-refractivity contribution in [1.29, 1.82) is 0 Å². The molecule has 0 N–H and O–H groups in total. The molecule has 2 rings (SSSR count). The average Bonchev–Trinajstić information content (AvgIpc) is 2.73. The highest BCUT2D eigenvalue weighted by atomic mass is 32.1. The van der Waals surface area contributed by atoms with Gasteiger partial charge in [0, 0.05) is 17.8 Å². The molecule has 1 fully saturated rings. The summed E-state index contributed by atoms with van der Waals surface area (Å²) in [6.07, 6.45) is 2.70. The highest BCUT2D eigenvalue weighted by Crippen LogP contribution is 2.40. The SMILES string of the molecule is CN(C)Cc1nc(C2CC2)cs1. The van der Waals surface area contributed by atoms with Crippen molar-refractivity contribution in [2.75, 3.05) is 14.1 Å². The molecule has 1 heterocycles. The molecule has 0 unspecified atom stereocenters. The van der Waals surface area contributed by atoms with Gasteiger partial charge in [-0.15, -0.1) is 11.3 Å². The summed E-state index contributed by atoms with van der Waals surface area (Å²) in [7, 11) is 4.16. The van der Waals surface area contributed by atoms with Gasteiger partial charge in [0.25, 0.3) is 0 Å². The fraction of sp³-hybridized carbons (Fsp3) is 0.667. The molecule has 12 heavy (non-hydrogen) atoms. The Kier molecular flexibility index (Phi) is 2.15. The topological polar surface area (TPSA) is 16.1 Å². The van der Waals surface area contributed by atoms with Gasteiger partial charge in [-0.1, -0.05) is 0 Å². The summed E-state index contributed by atoms with van der Waals surface area (Å²) in [5.41, 5.74) is 1.33. The predicted molar refractivity (Wildman–Crippen MR) is 51.5 cm³/mol. The number of nitrogens with zero attached hydrogens (tertiary/aromatic N) is 2. The highest BCUT2D eigenvalue weighted by Gasteiger charge is 2.25. The number of hydrogen-bond donors (Lipinski definition) is 0. The molecule has 66 valence electrons. The van der Waals surface area contributed by atoms with Crippen LogP contribution in [0.4, 0.5) is 0 Å². The van der Waals surface area contributed by atoms with E-state index in [4.69, 9.17) is 0 Å². The van der Waals surface area contributed by atoms with E-state index >= 15 is 0 Å². The molecule has 3 heteroatoms. The lowest BCUT2D eigenvalue weighted by atomic mass is 10.3. The van der Waals surface area contributed by atoms with Crippen LogP contribution in [-0.4, -0.2) is 24.0 Å². The van der Waals surface area contributed by atoms with Gasteiger partial charge in [0.15, 0.2) is 0 Å². The first-order valence-corrected chi connectivity index (χ1v) is 5.22. The quantitative estimate of drug-likeness (QED) is 0.711. The predicted octanol–water partition coefficient (Wildman–Crippen LogP) is 2.08. The molecule has 0 aliphatic heterocycles. The monoisotopic (exact) mass is 182 g/mol. The molecule has 0 amide bonds. The highest BCUT2D eigenvalue weighted by molar-refractivity contribution is 7.09. The Morgan fingerprint density at radius 1 is 1.58 bits per heavy atom. The van der Waals surface area contributed by atoms with E-state index in [0.717, 1.165) is 12.5 Å². The van der Waals surface area contributed by atoms with Crippen molar-refractivity contribution in [3.63, 3.8) is 0 Å². The minimum Gasteiger partial charge on any atom is -0.303 e. The fourth-order valence-corrected chi connectivity index (χ4v) is 2.23. The van der Waals surface area contributed by atoms with E-state index < -0.39 is 0 Å². The maximum absolute atomic E-state index is 4.59. The van der Waals surface area contributed by atoms with Crippen molar-refractivity contribution in [2.24, 2.45) is 0 Å². The third kappa shape index (κ3) is 1.84. The van der Waals surface area contributed by atoms with Crippen molar-refractivity contribution < 1.29 is 0 Å². The maximum atomic E-state index is 4.59. The van der Waals surface area contributed by atoms with Crippen LogP contribution in [0.5, 0.6) is 0 Å². The summed E-state index contributed by atoms with van der Waals surface area (Å²) in [5, 5.41) is 3.47. The van der Waals surface area contributed by atoms with Crippen LogP contribution < -0.4 is 0 Å². The lowest BCUT2D eigenvalue weighted by Gasteiger charge is -2.04. The standard InChI is InChI=1S/C9H14N2S/c1-11(2)5-9-10-8(6-12-9)7-3-4-7/h6-7H,3-5H2,1-2H3. The lowest BCUT2D eigenvalue weighted by Crippen LogP contribution is -2.10. The smallest absolute Gasteiger partial charge is 0.107 e. The van der Waals surface area contributed by atoms with Crippen LogP contribution in [0.25, 0.3) is 0 Å². The minimum absolute atomic E-state index is 0.803. The van der Waals surface area contributed by atoms with E-state index in [9.17, 15) is 0 Å². The van der Waals surface area contributed by atoms with Crippen LogP contribution in [-0.2, 0) is 6.54 Å². The van der Waals surface area contributed by atoms with Crippen molar-refractivity contribution in [2.45, 2.75) is 25.3 Å². The Morgan fingerprint density at radius 2 is 2.33 bits per heavy atom. The van der Waals surface area contributed by atoms with Gasteiger partial charge < -0.3 is 4.90 Å². The maximum Gasteiger partial charge on any atom is 0.107 e. The molecule has 1 aromatic heterocycles. The first kappa shape index (κ1) is 8.20. The summed E-state index contributed by atoms with van der Waals surface area (Å²) in [6, 6.07) is 0. The number of rotatable bonds is 3. The summed E-state index contributed by atoms with van der Waals surface area (Å²) in [4.78, 5) is 6.75. The Hall–Kier alpha value is -0.410. The van der Waals surface area contributed by atoms with E-state index in [0.29, 0.717) is 0 Å². The van der Waals surface area contributed by atoms with Crippen LogP contribution >= 0.6 is 11.3 Å². The molecule has 1 saturated carbocycles. The van der Waals surface area contributed by atoms with Crippen LogP contribution in [0, 0.1) is 0 Å². The van der Waals surface area contributed by atoms with Crippen LogP contribution in [0.1, 0.15) is 29.5 Å². The van der Waals surface area contributed by atoms with E-state index in [1.807, 2.05) is 0 Å². The molecular formula is C9H14N2S. The van der Waals surface area contributed by atoms with E-state index in [1.165, 1.54) is 23.5 Å². The first-order valence-electron chi connectivity index (χ1n) is 4.35. The second kappa shape index (κ2) is 3.15. The molecule has 1 aliphatic rings. The van der Waals surface area contributed by atoms with Gasteiger partial charge in [0.1, 0.15) is 5.01 Å². The summed E-state index contributed by atoms with van der Waals surface area (Å²) in [6.45, 7) is 0.984. The van der Waals surface area contributed by atoms with Gasteiger partial charge in [0.05, 0.1) is 5.69 Å². The zero-order valence-electron chi connectivity index (χ0n) is 7.58. The van der Waals surface area contributed by atoms with Crippen molar-refractivity contribution >= 4 is 11.3 Å². The molecule has 0 saturated heterocycles. The van der Waals surface area contributed by atoms with Gasteiger partial charge >= 0.3 is 0 Å². The minimum atomic E-state index is 0.803. The van der Waals surface area contributed by atoms with E-state index in [-0.39, 0.29) is 0 Å². The molecule has 0 radical (unpaired) electrons. The van der Waals surface area contributed by atoms with E-state index in [2.05, 4.69) is 29.4 Å². The van der Waals surface area contributed by atoms with Crippen LogP contribution in [0.3, 0.4) is 0 Å². The summed E-state index contributed by atoms with van der Waals surface area (Å²) in [5.74, 6) is 0.803. The Labute approximate surface area is 77.2 Å². The molecule has 0 atom stereocenters. The Bertz CT molecular complexity index is 263. The molecule has 1 aromatic rings. The molecule has 0 spiro atoms. The van der Waals surface area contributed by atoms with Crippen molar-refractivity contribution in [3.8, 4) is 0 Å². The van der Waals surface area contributed by atoms with Gasteiger partial charge in [-0.3, -0.25) is 0 Å². The number of thiazole rings is 1. The Balaban J connectivity index is 2.03. The zero-order chi connectivity index (χ0) is 8.55. The second-order valence-electron chi connectivity index (χ2n) is 3.68. The normalized spacial score (nSPS) is 17.2. The second-order valence-corrected chi connectivity index (χ2v) is 4.62. The van der Waals surface area contributed by atoms with Crippen molar-refractivity contribution in [1.82, 2.24) is 9.88 Å². The molecule has 1 aliphatic carbocycles. The number of aromatic nitrogens is 1. The molecule has 2 nitrogen and oxygen atoms in total. The van der Waals surface area contributed by atoms with Crippen LogP contribution in [0.2, 0.25) is 0 Å². The third-order valence-corrected chi connectivity index (χ3v) is 2.87.